The zero-order chi connectivity index (χ0) is 13.1. The van der Waals surface area contributed by atoms with Crippen molar-refractivity contribution in [2.45, 2.75) is 12.8 Å². The summed E-state index contributed by atoms with van der Waals surface area (Å²) in [5, 5.41) is 4.02. The van der Waals surface area contributed by atoms with Gasteiger partial charge >= 0.3 is 0 Å². The molecule has 94 valence electrons. The number of ketones is 1. The standard InChI is InChI=1S/C13H14FN3O/c1-17-8-9(7-16-17)5-6-12(18)10-3-2-4-11(14)13(10)15/h2-4,7-8H,5-6,15H2,1H3. The maximum atomic E-state index is 13.2. The topological polar surface area (TPSA) is 60.9 Å². The minimum Gasteiger partial charge on any atom is -0.396 e. The van der Waals surface area contributed by atoms with Crippen molar-refractivity contribution in [3.8, 4) is 0 Å². The van der Waals surface area contributed by atoms with Crippen molar-refractivity contribution in [2.24, 2.45) is 7.05 Å². The summed E-state index contributed by atoms with van der Waals surface area (Å²) in [5.74, 6) is -0.710. The van der Waals surface area contributed by atoms with E-state index in [1.165, 1.54) is 12.1 Å². The van der Waals surface area contributed by atoms with Gasteiger partial charge in [-0.15, -0.1) is 0 Å². The van der Waals surface area contributed by atoms with Crippen LogP contribution in [0.4, 0.5) is 10.1 Å². The Labute approximate surface area is 104 Å². The number of carbonyl (C=O) groups is 1. The second kappa shape index (κ2) is 5.00. The third-order valence-electron chi connectivity index (χ3n) is 2.75. The van der Waals surface area contributed by atoms with Gasteiger partial charge in [-0.05, 0) is 24.1 Å². The highest BCUT2D eigenvalue weighted by Gasteiger charge is 2.12. The van der Waals surface area contributed by atoms with E-state index in [4.69, 9.17) is 5.73 Å². The lowest BCUT2D eigenvalue weighted by atomic mass is 10.0. The molecule has 1 heterocycles. The molecule has 18 heavy (non-hydrogen) atoms. The van der Waals surface area contributed by atoms with Gasteiger partial charge in [-0.1, -0.05) is 6.07 Å². The number of nitrogens with zero attached hydrogens (tertiary/aromatic N) is 2. The fraction of sp³-hybridized carbons (Fsp3) is 0.231. The van der Waals surface area contributed by atoms with Gasteiger partial charge in [0.15, 0.2) is 5.78 Å². The highest BCUT2D eigenvalue weighted by molar-refractivity contribution is 6.00. The number of rotatable bonds is 4. The Balaban J connectivity index is 2.06. The Morgan fingerprint density at radius 3 is 2.94 bits per heavy atom. The molecule has 0 amide bonds. The Hall–Kier alpha value is -2.17. The molecule has 0 radical (unpaired) electrons. The molecule has 0 unspecified atom stereocenters. The van der Waals surface area contributed by atoms with Crippen LogP contribution in [0.2, 0.25) is 0 Å². The zero-order valence-electron chi connectivity index (χ0n) is 10.1. The van der Waals surface area contributed by atoms with Crippen LogP contribution < -0.4 is 5.73 Å². The van der Waals surface area contributed by atoms with Gasteiger partial charge in [-0.3, -0.25) is 9.48 Å². The molecule has 0 spiro atoms. The summed E-state index contributed by atoms with van der Waals surface area (Å²) in [5.41, 5.74) is 6.69. The van der Waals surface area contributed by atoms with E-state index < -0.39 is 5.82 Å². The number of hydrogen-bond donors (Lipinski definition) is 1. The highest BCUT2D eigenvalue weighted by Crippen LogP contribution is 2.18. The van der Waals surface area contributed by atoms with Crippen LogP contribution in [0.25, 0.3) is 0 Å². The second-order valence-electron chi connectivity index (χ2n) is 4.15. The van der Waals surface area contributed by atoms with Crippen molar-refractivity contribution in [3.05, 3.63) is 47.5 Å². The number of carbonyl (C=O) groups excluding carboxylic acids is 1. The van der Waals surface area contributed by atoms with Crippen LogP contribution in [0.1, 0.15) is 22.3 Å². The predicted octanol–water partition coefficient (Wildman–Crippen LogP) is 1.96. The summed E-state index contributed by atoms with van der Waals surface area (Å²) in [4.78, 5) is 11.9. The van der Waals surface area contributed by atoms with Gasteiger partial charge in [0.25, 0.3) is 0 Å². The van der Waals surface area contributed by atoms with Crippen molar-refractivity contribution in [3.63, 3.8) is 0 Å². The predicted molar refractivity (Wildman–Crippen MR) is 66.7 cm³/mol. The molecule has 0 aliphatic rings. The SMILES string of the molecule is Cn1cc(CCC(=O)c2cccc(F)c2N)cn1. The third-order valence-corrected chi connectivity index (χ3v) is 2.75. The number of aryl methyl sites for hydroxylation is 2. The van der Waals surface area contributed by atoms with Gasteiger partial charge in [-0.2, -0.15) is 5.10 Å². The van der Waals surface area contributed by atoms with Crippen LogP contribution in [0.5, 0.6) is 0 Å². The molecule has 0 fully saturated rings. The maximum Gasteiger partial charge on any atom is 0.165 e. The third kappa shape index (κ3) is 2.56. The first-order valence-corrected chi connectivity index (χ1v) is 5.62. The van der Waals surface area contributed by atoms with E-state index >= 15 is 0 Å². The number of hydrogen-bond acceptors (Lipinski definition) is 3. The van der Waals surface area contributed by atoms with Crippen molar-refractivity contribution < 1.29 is 9.18 Å². The lowest BCUT2D eigenvalue weighted by Gasteiger charge is -2.04. The van der Waals surface area contributed by atoms with E-state index in [9.17, 15) is 9.18 Å². The van der Waals surface area contributed by atoms with Crippen molar-refractivity contribution in [1.82, 2.24) is 9.78 Å². The van der Waals surface area contributed by atoms with Crippen LogP contribution in [-0.2, 0) is 13.5 Å². The normalized spacial score (nSPS) is 10.6. The number of halogens is 1. The lowest BCUT2D eigenvalue weighted by molar-refractivity contribution is 0.0983. The average molecular weight is 247 g/mol. The number of aromatic nitrogens is 2. The Bertz CT molecular complexity index is 577. The summed E-state index contributed by atoms with van der Waals surface area (Å²) < 4.78 is 14.9. The van der Waals surface area contributed by atoms with Crippen molar-refractivity contribution >= 4 is 11.5 Å². The minimum absolute atomic E-state index is 0.0753. The van der Waals surface area contributed by atoms with Gasteiger partial charge < -0.3 is 5.73 Å². The number of Topliss-reactive ketones (excluding diaryl/α,β-unsaturated/α-hetero) is 1. The Morgan fingerprint density at radius 2 is 2.28 bits per heavy atom. The Kier molecular flexibility index (Phi) is 3.41. The molecule has 0 atom stereocenters. The molecule has 0 aliphatic heterocycles. The largest absolute Gasteiger partial charge is 0.396 e. The zero-order valence-corrected chi connectivity index (χ0v) is 10.1. The van der Waals surface area contributed by atoms with E-state index in [1.807, 2.05) is 13.2 Å². The van der Waals surface area contributed by atoms with Crippen LogP contribution >= 0.6 is 0 Å². The molecule has 0 bridgehead atoms. The van der Waals surface area contributed by atoms with E-state index in [1.54, 1.807) is 16.9 Å². The fourth-order valence-electron chi connectivity index (χ4n) is 1.77. The van der Waals surface area contributed by atoms with Crippen molar-refractivity contribution in [1.29, 1.82) is 0 Å². The smallest absolute Gasteiger partial charge is 0.165 e. The summed E-state index contributed by atoms with van der Waals surface area (Å²) in [6.07, 6.45) is 4.42. The number of para-hydroxylation sites is 1. The van der Waals surface area contributed by atoms with E-state index in [0.717, 1.165) is 5.56 Å². The average Bonchev–Trinajstić information content (AvgIpc) is 2.76. The second-order valence-corrected chi connectivity index (χ2v) is 4.15. The highest BCUT2D eigenvalue weighted by atomic mass is 19.1. The summed E-state index contributed by atoms with van der Waals surface area (Å²) in [6, 6.07) is 4.28. The summed E-state index contributed by atoms with van der Waals surface area (Å²) >= 11 is 0. The fourth-order valence-corrected chi connectivity index (χ4v) is 1.77. The van der Waals surface area contributed by atoms with Gasteiger partial charge in [-0.25, -0.2) is 4.39 Å². The number of anilines is 1. The van der Waals surface area contributed by atoms with E-state index in [-0.39, 0.29) is 17.0 Å². The van der Waals surface area contributed by atoms with Crippen LogP contribution in [0.3, 0.4) is 0 Å². The van der Waals surface area contributed by atoms with Gasteiger partial charge in [0.05, 0.1) is 11.9 Å². The lowest BCUT2D eigenvalue weighted by Crippen LogP contribution is -2.06. The minimum atomic E-state index is -0.553. The quantitative estimate of drug-likeness (QED) is 0.663. The number of benzene rings is 1. The summed E-state index contributed by atoms with van der Waals surface area (Å²) in [7, 11) is 1.82. The Morgan fingerprint density at radius 1 is 1.50 bits per heavy atom. The monoisotopic (exact) mass is 247 g/mol. The molecule has 4 nitrogen and oxygen atoms in total. The number of nitrogens with two attached hydrogens (primary N) is 1. The molecule has 2 N–H and O–H groups in total. The van der Waals surface area contributed by atoms with Gasteiger partial charge in [0.1, 0.15) is 5.82 Å². The molecule has 5 heteroatoms. The molecule has 0 aliphatic carbocycles. The van der Waals surface area contributed by atoms with E-state index in [2.05, 4.69) is 5.10 Å². The molecular formula is C13H14FN3O. The molecule has 1 aromatic heterocycles. The van der Waals surface area contributed by atoms with Crippen LogP contribution in [0, 0.1) is 5.82 Å². The number of nitrogen functional groups attached to an aromatic ring is 1. The molecule has 0 saturated heterocycles. The van der Waals surface area contributed by atoms with Crippen molar-refractivity contribution in [2.75, 3.05) is 5.73 Å². The van der Waals surface area contributed by atoms with Crippen LogP contribution in [-0.4, -0.2) is 15.6 Å². The van der Waals surface area contributed by atoms with Crippen LogP contribution in [0.15, 0.2) is 30.6 Å². The van der Waals surface area contributed by atoms with E-state index in [0.29, 0.717) is 12.8 Å². The summed E-state index contributed by atoms with van der Waals surface area (Å²) in [6.45, 7) is 0. The first kappa shape index (κ1) is 12.3. The maximum absolute atomic E-state index is 13.2. The van der Waals surface area contributed by atoms with Gasteiger partial charge in [0.2, 0.25) is 0 Å². The first-order chi connectivity index (χ1) is 8.58. The molecular weight excluding hydrogens is 233 g/mol. The molecule has 2 rings (SSSR count). The van der Waals surface area contributed by atoms with Gasteiger partial charge in [0, 0.05) is 25.2 Å². The molecule has 0 saturated carbocycles. The molecule has 2 aromatic rings. The molecule has 1 aromatic carbocycles. The first-order valence-electron chi connectivity index (χ1n) is 5.62.